The van der Waals surface area contributed by atoms with E-state index < -0.39 is 15.9 Å². The number of halogens is 1. The van der Waals surface area contributed by atoms with Gasteiger partial charge in [-0.2, -0.15) is 0 Å². The van der Waals surface area contributed by atoms with Gasteiger partial charge in [0.05, 0.1) is 4.90 Å². The fraction of sp³-hybridized carbons (Fsp3) is 0.133. The van der Waals surface area contributed by atoms with Crippen LogP contribution in [0.5, 0.6) is 11.5 Å². The maximum Gasteiger partial charge on any atom is 0.266 e. The summed E-state index contributed by atoms with van der Waals surface area (Å²) in [5.41, 5.74) is 2.99. The highest BCUT2D eigenvalue weighted by Gasteiger charge is 2.20. The molecule has 0 unspecified atom stereocenters. The van der Waals surface area contributed by atoms with Crippen LogP contribution in [0.3, 0.4) is 0 Å². The highest BCUT2D eigenvalue weighted by molar-refractivity contribution is 9.10. The summed E-state index contributed by atoms with van der Waals surface area (Å²) in [5.74, 6) is 0.370. The summed E-state index contributed by atoms with van der Waals surface area (Å²) in [5, 5.41) is 0. The molecule has 1 aliphatic rings. The number of carbonyl (C=O) groups excluding carboxylic acids is 1. The van der Waals surface area contributed by atoms with Crippen molar-refractivity contribution in [1.82, 2.24) is 10.3 Å². The lowest BCUT2D eigenvalue weighted by atomic mass is 10.2. The SMILES string of the molecule is Cc1ccc(Br)cc1S(=O)(=O)NNC(=O)c1ccc2c(c1)OCO2. The summed E-state index contributed by atoms with van der Waals surface area (Å²) in [6.45, 7) is 1.76. The molecule has 2 N–H and O–H groups in total. The summed E-state index contributed by atoms with van der Waals surface area (Å²) in [7, 11) is -3.90. The van der Waals surface area contributed by atoms with Crippen molar-refractivity contribution in [1.29, 1.82) is 0 Å². The predicted octanol–water partition coefficient (Wildman–Crippen LogP) is 2.11. The number of amides is 1. The van der Waals surface area contributed by atoms with Gasteiger partial charge in [0.2, 0.25) is 6.79 Å². The van der Waals surface area contributed by atoms with Gasteiger partial charge in [0, 0.05) is 10.0 Å². The number of benzene rings is 2. The average Bonchev–Trinajstić information content (AvgIpc) is 3.02. The molecule has 0 atom stereocenters. The minimum absolute atomic E-state index is 0.0721. The van der Waals surface area contributed by atoms with Gasteiger partial charge in [-0.05, 0) is 42.8 Å². The number of hydrazine groups is 1. The van der Waals surface area contributed by atoms with Crippen LogP contribution in [0.2, 0.25) is 0 Å². The molecule has 0 aromatic heterocycles. The number of hydrogen-bond acceptors (Lipinski definition) is 5. The van der Waals surface area contributed by atoms with Crippen molar-refractivity contribution in [3.63, 3.8) is 0 Å². The van der Waals surface area contributed by atoms with Crippen molar-refractivity contribution >= 4 is 31.9 Å². The Hall–Kier alpha value is -2.10. The molecule has 0 saturated carbocycles. The lowest BCUT2D eigenvalue weighted by Gasteiger charge is -2.11. The first kappa shape index (κ1) is 16.7. The molecular weight excluding hydrogens is 400 g/mol. The topological polar surface area (TPSA) is 93.7 Å². The average molecular weight is 413 g/mol. The van der Waals surface area contributed by atoms with Crippen molar-refractivity contribution in [2.45, 2.75) is 11.8 Å². The number of ether oxygens (including phenoxy) is 2. The highest BCUT2D eigenvalue weighted by atomic mass is 79.9. The first-order valence-corrected chi connectivity index (χ1v) is 9.12. The predicted molar refractivity (Wildman–Crippen MR) is 89.2 cm³/mol. The van der Waals surface area contributed by atoms with E-state index in [0.29, 0.717) is 21.5 Å². The third kappa shape index (κ3) is 3.37. The molecule has 126 valence electrons. The highest BCUT2D eigenvalue weighted by Crippen LogP contribution is 2.32. The summed E-state index contributed by atoms with van der Waals surface area (Å²) in [6, 6.07) is 9.45. The third-order valence-corrected chi connectivity index (χ3v) is 5.26. The molecule has 0 fully saturated rings. The van der Waals surface area contributed by atoms with Crippen LogP contribution in [0.1, 0.15) is 15.9 Å². The maximum absolute atomic E-state index is 12.3. The van der Waals surface area contributed by atoms with Crippen molar-refractivity contribution < 1.29 is 22.7 Å². The van der Waals surface area contributed by atoms with E-state index in [-0.39, 0.29) is 17.3 Å². The summed E-state index contributed by atoms with van der Waals surface area (Å²) >= 11 is 3.23. The molecule has 2 aromatic rings. The normalized spacial score (nSPS) is 12.9. The molecule has 0 aliphatic carbocycles. The molecule has 0 bridgehead atoms. The molecule has 1 heterocycles. The molecule has 1 aliphatic heterocycles. The Bertz CT molecular complexity index is 914. The zero-order valence-electron chi connectivity index (χ0n) is 12.5. The molecule has 0 saturated heterocycles. The van der Waals surface area contributed by atoms with E-state index in [9.17, 15) is 13.2 Å². The van der Waals surface area contributed by atoms with E-state index in [2.05, 4.69) is 26.2 Å². The second-order valence-electron chi connectivity index (χ2n) is 5.04. The lowest BCUT2D eigenvalue weighted by Crippen LogP contribution is -2.41. The molecule has 3 rings (SSSR count). The number of sulfonamides is 1. The van der Waals surface area contributed by atoms with Crippen molar-refractivity contribution in [3.8, 4) is 11.5 Å². The van der Waals surface area contributed by atoms with E-state index in [1.165, 1.54) is 18.2 Å². The maximum atomic E-state index is 12.3. The molecular formula is C15H13BrN2O5S. The van der Waals surface area contributed by atoms with Crippen molar-refractivity contribution in [2.24, 2.45) is 0 Å². The Kier molecular flexibility index (Phi) is 4.48. The number of carbonyl (C=O) groups is 1. The summed E-state index contributed by atoms with van der Waals surface area (Å²) in [6.07, 6.45) is 0. The number of rotatable bonds is 4. The zero-order chi connectivity index (χ0) is 17.3. The summed E-state index contributed by atoms with van der Waals surface area (Å²) < 4.78 is 35.6. The molecule has 7 nitrogen and oxygen atoms in total. The number of nitrogens with one attached hydrogen (secondary N) is 2. The second-order valence-corrected chi connectivity index (χ2v) is 7.60. The minimum Gasteiger partial charge on any atom is -0.454 e. The molecule has 2 aromatic carbocycles. The first-order valence-electron chi connectivity index (χ1n) is 6.85. The van der Waals surface area contributed by atoms with Gasteiger partial charge < -0.3 is 9.47 Å². The number of fused-ring (bicyclic) bond motifs is 1. The quantitative estimate of drug-likeness (QED) is 0.749. The van der Waals surface area contributed by atoms with Gasteiger partial charge in [0.25, 0.3) is 15.9 Å². The van der Waals surface area contributed by atoms with Crippen LogP contribution in [0.4, 0.5) is 0 Å². The monoisotopic (exact) mass is 412 g/mol. The van der Waals surface area contributed by atoms with Crippen molar-refractivity contribution in [3.05, 3.63) is 52.0 Å². The van der Waals surface area contributed by atoms with E-state index in [4.69, 9.17) is 9.47 Å². The number of aryl methyl sites for hydroxylation is 1. The van der Waals surface area contributed by atoms with Crippen LogP contribution >= 0.6 is 15.9 Å². The van der Waals surface area contributed by atoms with E-state index in [1.807, 2.05) is 0 Å². The van der Waals surface area contributed by atoms with Crippen molar-refractivity contribution in [2.75, 3.05) is 6.79 Å². The Balaban J connectivity index is 1.75. The fourth-order valence-corrected chi connectivity index (χ4v) is 3.77. The van der Waals surface area contributed by atoms with Gasteiger partial charge in [0.15, 0.2) is 11.5 Å². The summed E-state index contributed by atoms with van der Waals surface area (Å²) in [4.78, 5) is 14.3. The lowest BCUT2D eigenvalue weighted by molar-refractivity contribution is 0.0944. The largest absolute Gasteiger partial charge is 0.454 e. The van der Waals surface area contributed by atoms with Crippen LogP contribution in [0.15, 0.2) is 45.8 Å². The van der Waals surface area contributed by atoms with Crippen LogP contribution < -0.4 is 19.7 Å². The van der Waals surface area contributed by atoms with Gasteiger partial charge in [-0.15, -0.1) is 4.83 Å². The second kappa shape index (κ2) is 6.42. The molecule has 24 heavy (non-hydrogen) atoms. The molecule has 9 heteroatoms. The molecule has 0 spiro atoms. The van der Waals surface area contributed by atoms with Crippen LogP contribution in [0, 0.1) is 6.92 Å². The van der Waals surface area contributed by atoms with Crippen LogP contribution in [-0.4, -0.2) is 21.1 Å². The van der Waals surface area contributed by atoms with Crippen LogP contribution in [0.25, 0.3) is 0 Å². The molecule has 1 amide bonds. The molecule has 0 radical (unpaired) electrons. The Labute approximate surface area is 147 Å². The Morgan fingerprint density at radius 2 is 1.88 bits per heavy atom. The van der Waals surface area contributed by atoms with Gasteiger partial charge >= 0.3 is 0 Å². The number of hydrogen-bond donors (Lipinski definition) is 2. The van der Waals surface area contributed by atoms with E-state index >= 15 is 0 Å². The van der Waals surface area contributed by atoms with Gasteiger partial charge in [-0.3, -0.25) is 10.2 Å². The standard InChI is InChI=1S/C15H13BrN2O5S/c1-9-2-4-11(16)7-14(9)24(20,21)18-17-15(19)10-3-5-12-13(6-10)23-8-22-12/h2-7,18H,8H2,1H3,(H,17,19). The fourth-order valence-electron chi connectivity index (χ4n) is 2.14. The Morgan fingerprint density at radius 3 is 2.67 bits per heavy atom. The zero-order valence-corrected chi connectivity index (χ0v) is 14.9. The minimum atomic E-state index is -3.90. The van der Waals surface area contributed by atoms with Gasteiger partial charge in [0.1, 0.15) is 0 Å². The first-order chi connectivity index (χ1) is 11.4. The van der Waals surface area contributed by atoms with Gasteiger partial charge in [-0.1, -0.05) is 22.0 Å². The van der Waals surface area contributed by atoms with Crippen LogP contribution in [-0.2, 0) is 10.0 Å². The van der Waals surface area contributed by atoms with Gasteiger partial charge in [-0.25, -0.2) is 8.42 Å². The van der Waals surface area contributed by atoms with E-state index in [1.54, 1.807) is 25.1 Å². The smallest absolute Gasteiger partial charge is 0.266 e. The third-order valence-electron chi connectivity index (χ3n) is 3.37. The van der Waals surface area contributed by atoms with E-state index in [0.717, 1.165) is 0 Å². The Morgan fingerprint density at radius 1 is 1.12 bits per heavy atom.